The summed E-state index contributed by atoms with van der Waals surface area (Å²) in [5.41, 5.74) is 9.34. The molecule has 2 fully saturated rings. The van der Waals surface area contributed by atoms with E-state index in [0.29, 0.717) is 67.1 Å². The summed E-state index contributed by atoms with van der Waals surface area (Å²) in [6.07, 6.45) is 4.62. The van der Waals surface area contributed by atoms with Crippen molar-refractivity contribution in [2.24, 2.45) is 5.41 Å². The number of imidazole rings is 1. The molecule has 2 saturated heterocycles. The van der Waals surface area contributed by atoms with Gasteiger partial charge in [-0.2, -0.15) is 0 Å². The van der Waals surface area contributed by atoms with Crippen LogP contribution in [0.15, 0.2) is 55.0 Å². The Bertz CT molecular complexity index is 1560. The van der Waals surface area contributed by atoms with Gasteiger partial charge in [0.15, 0.2) is 0 Å². The van der Waals surface area contributed by atoms with E-state index in [1.165, 1.54) is 0 Å². The van der Waals surface area contributed by atoms with Gasteiger partial charge in [0, 0.05) is 36.3 Å². The Morgan fingerprint density at radius 3 is 2.64 bits per heavy atom. The molecule has 3 aromatic heterocycles. The number of nitrogens with one attached hydrogen (secondary N) is 1. The molecule has 11 nitrogen and oxygen atoms in total. The van der Waals surface area contributed by atoms with Crippen LogP contribution in [0.1, 0.15) is 34.8 Å². The number of hydrogen-bond acceptors (Lipinski definition) is 8. The third-order valence-corrected chi connectivity index (χ3v) is 7.19. The Kier molecular flexibility index (Phi) is 6.24. The van der Waals surface area contributed by atoms with Gasteiger partial charge in [-0.05, 0) is 43.7 Å². The number of anilines is 2. The third kappa shape index (κ3) is 4.59. The Morgan fingerprint density at radius 2 is 1.92 bits per heavy atom. The number of aryl methyl sites for hydroxylation is 1. The monoisotopic (exact) mass is 527 g/mol. The summed E-state index contributed by atoms with van der Waals surface area (Å²) < 4.78 is 13.3. The zero-order chi connectivity index (χ0) is 27.1. The van der Waals surface area contributed by atoms with Gasteiger partial charge >= 0.3 is 0 Å². The van der Waals surface area contributed by atoms with Crippen LogP contribution in [0, 0.1) is 12.3 Å². The quantitative estimate of drug-likeness (QED) is 0.404. The molecular weight excluding hydrogens is 498 g/mol. The molecule has 1 atom stereocenters. The number of carbonyl (C=O) groups excluding carboxylic acids is 2. The van der Waals surface area contributed by atoms with E-state index >= 15 is 0 Å². The minimum atomic E-state index is -0.487. The van der Waals surface area contributed by atoms with Crippen LogP contribution in [0.3, 0.4) is 0 Å². The topological polar surface area (TPSA) is 137 Å². The van der Waals surface area contributed by atoms with E-state index in [-0.39, 0.29) is 11.8 Å². The second-order valence-electron chi connectivity index (χ2n) is 10.3. The number of aromatic nitrogens is 4. The highest BCUT2D eigenvalue weighted by Gasteiger charge is 2.45. The summed E-state index contributed by atoms with van der Waals surface area (Å²) in [6, 6.07) is 10.8. The number of nitrogens with zero attached hydrogens (tertiary/aromatic N) is 5. The molecule has 2 amide bonds. The van der Waals surface area contributed by atoms with Gasteiger partial charge in [-0.25, -0.2) is 15.0 Å². The van der Waals surface area contributed by atoms with Gasteiger partial charge in [-0.1, -0.05) is 12.1 Å². The Hall–Kier alpha value is -4.35. The lowest BCUT2D eigenvalue weighted by atomic mass is 9.86. The van der Waals surface area contributed by atoms with Gasteiger partial charge in [0.1, 0.15) is 34.8 Å². The molecule has 5 heterocycles. The molecule has 0 aliphatic carbocycles. The number of fused-ring (bicyclic) bond motifs is 1. The smallest absolute Gasteiger partial charge is 0.256 e. The van der Waals surface area contributed by atoms with Crippen molar-refractivity contribution in [3.05, 3.63) is 71.9 Å². The number of carbonyl (C=O) groups is 2. The number of morpholine rings is 1. The minimum absolute atomic E-state index is 0.0686. The van der Waals surface area contributed by atoms with Crippen molar-refractivity contribution in [1.82, 2.24) is 24.3 Å². The molecule has 1 aromatic carbocycles. The fourth-order valence-corrected chi connectivity index (χ4v) is 4.99. The van der Waals surface area contributed by atoms with Gasteiger partial charge in [0.2, 0.25) is 5.91 Å². The van der Waals surface area contributed by atoms with Crippen molar-refractivity contribution in [1.29, 1.82) is 0 Å². The standard InChI is InChI=1S/C28H29N7O4/c1-17-7-8-30-21(13-17)32-26(36)19-5-3-18(4-6-19)22-23-24(29)31-9-10-35(23)25(33-22)20-14-34(11-12-39-20)27(37)28(2)15-38-16-28/h3-10,13,20H,11-12,14-16H2,1-2H3,(H2,29,31)(H,30,32,36). The molecule has 39 heavy (non-hydrogen) atoms. The van der Waals surface area contributed by atoms with Crippen molar-refractivity contribution in [3.63, 3.8) is 0 Å². The van der Waals surface area contributed by atoms with Gasteiger partial charge in [-0.15, -0.1) is 0 Å². The fraction of sp³-hybridized carbons (Fsp3) is 0.321. The number of hydrogen-bond donors (Lipinski definition) is 2. The summed E-state index contributed by atoms with van der Waals surface area (Å²) in [6.45, 7) is 6.03. The maximum absolute atomic E-state index is 13.1. The van der Waals surface area contributed by atoms with Crippen LogP contribution in [0.2, 0.25) is 0 Å². The molecular formula is C28H29N7O4. The van der Waals surface area contributed by atoms with Gasteiger partial charge in [0.25, 0.3) is 5.91 Å². The van der Waals surface area contributed by atoms with Crippen LogP contribution < -0.4 is 11.1 Å². The number of ether oxygens (including phenoxy) is 2. The lowest BCUT2D eigenvalue weighted by Gasteiger charge is -2.42. The molecule has 2 aliphatic rings. The number of benzene rings is 1. The van der Waals surface area contributed by atoms with E-state index in [9.17, 15) is 9.59 Å². The van der Waals surface area contributed by atoms with Crippen LogP contribution >= 0.6 is 0 Å². The lowest BCUT2D eigenvalue weighted by molar-refractivity contribution is -0.175. The average Bonchev–Trinajstić information content (AvgIpc) is 3.32. The molecule has 3 N–H and O–H groups in total. The Morgan fingerprint density at radius 1 is 1.13 bits per heavy atom. The molecule has 0 radical (unpaired) electrons. The maximum atomic E-state index is 13.1. The van der Waals surface area contributed by atoms with Crippen molar-refractivity contribution in [2.45, 2.75) is 20.0 Å². The van der Waals surface area contributed by atoms with Crippen molar-refractivity contribution < 1.29 is 19.1 Å². The van der Waals surface area contributed by atoms with E-state index in [1.807, 2.05) is 47.4 Å². The third-order valence-electron chi connectivity index (χ3n) is 7.19. The van der Waals surface area contributed by atoms with Crippen LogP contribution in [0.4, 0.5) is 11.6 Å². The highest BCUT2D eigenvalue weighted by Crippen LogP contribution is 2.34. The number of rotatable bonds is 5. The molecule has 6 rings (SSSR count). The number of nitrogen functional groups attached to an aromatic ring is 1. The Labute approximate surface area is 225 Å². The summed E-state index contributed by atoms with van der Waals surface area (Å²) in [7, 11) is 0. The normalized spacial score (nSPS) is 18.5. The van der Waals surface area contributed by atoms with Gasteiger partial charge in [-0.3, -0.25) is 14.0 Å². The molecule has 11 heteroatoms. The first-order valence-electron chi connectivity index (χ1n) is 12.8. The summed E-state index contributed by atoms with van der Waals surface area (Å²) in [4.78, 5) is 41.1. The predicted molar refractivity (Wildman–Crippen MR) is 144 cm³/mol. The maximum Gasteiger partial charge on any atom is 0.256 e. The Balaban J connectivity index is 1.29. The summed E-state index contributed by atoms with van der Waals surface area (Å²) >= 11 is 0. The largest absolute Gasteiger partial charge is 0.382 e. The molecule has 1 unspecified atom stereocenters. The molecule has 0 bridgehead atoms. The molecule has 200 valence electrons. The molecule has 4 aromatic rings. The van der Waals surface area contributed by atoms with E-state index in [2.05, 4.69) is 15.3 Å². The van der Waals surface area contributed by atoms with Crippen LogP contribution in [0.5, 0.6) is 0 Å². The lowest BCUT2D eigenvalue weighted by Crippen LogP contribution is -2.56. The van der Waals surface area contributed by atoms with E-state index in [1.54, 1.807) is 30.7 Å². The number of nitrogens with two attached hydrogens (primary N) is 1. The van der Waals surface area contributed by atoms with Crippen molar-refractivity contribution in [3.8, 4) is 11.3 Å². The fourth-order valence-electron chi connectivity index (χ4n) is 4.99. The predicted octanol–water partition coefficient (Wildman–Crippen LogP) is 2.87. The van der Waals surface area contributed by atoms with Gasteiger partial charge in [0.05, 0.1) is 31.8 Å². The number of pyridine rings is 1. The first-order valence-corrected chi connectivity index (χ1v) is 12.8. The van der Waals surface area contributed by atoms with Crippen molar-refractivity contribution >= 4 is 29.0 Å². The van der Waals surface area contributed by atoms with E-state index in [0.717, 1.165) is 11.1 Å². The van der Waals surface area contributed by atoms with E-state index < -0.39 is 11.5 Å². The van der Waals surface area contributed by atoms with Crippen LogP contribution in [-0.4, -0.2) is 69.0 Å². The van der Waals surface area contributed by atoms with Crippen LogP contribution in [-0.2, 0) is 14.3 Å². The second-order valence-corrected chi connectivity index (χ2v) is 10.3. The first kappa shape index (κ1) is 25.0. The van der Waals surface area contributed by atoms with E-state index in [4.69, 9.17) is 20.2 Å². The van der Waals surface area contributed by atoms with Gasteiger partial charge < -0.3 is 25.4 Å². The molecule has 2 aliphatic heterocycles. The SMILES string of the molecule is Cc1ccnc(NC(=O)c2ccc(-c3nc(C4CN(C(=O)C5(C)COC5)CCO4)n4ccnc(N)c34)cc2)c1. The molecule has 0 saturated carbocycles. The first-order chi connectivity index (χ1) is 18.8. The summed E-state index contributed by atoms with van der Waals surface area (Å²) in [5.74, 6) is 1.25. The summed E-state index contributed by atoms with van der Waals surface area (Å²) in [5, 5.41) is 2.82. The number of amides is 2. The molecule has 0 spiro atoms. The average molecular weight is 528 g/mol. The zero-order valence-corrected chi connectivity index (χ0v) is 21.8. The second kappa shape index (κ2) is 9.75. The highest BCUT2D eigenvalue weighted by atomic mass is 16.5. The highest BCUT2D eigenvalue weighted by molar-refractivity contribution is 6.04. The van der Waals surface area contributed by atoms with Crippen molar-refractivity contribution in [2.75, 3.05) is 44.0 Å². The van der Waals surface area contributed by atoms with Crippen LogP contribution in [0.25, 0.3) is 16.8 Å². The minimum Gasteiger partial charge on any atom is -0.382 e. The zero-order valence-electron chi connectivity index (χ0n) is 21.8.